The number of nitrogens with two attached hydrogens (primary N) is 1. The molecule has 5 nitrogen and oxygen atoms in total. The molecule has 0 radical (unpaired) electrons. The summed E-state index contributed by atoms with van der Waals surface area (Å²) >= 11 is 5.90. The molecule has 110 valence electrons. The summed E-state index contributed by atoms with van der Waals surface area (Å²) in [4.78, 5) is 15.1. The molecule has 21 heavy (non-hydrogen) atoms. The Kier molecular flexibility index (Phi) is 5.00. The van der Waals surface area contributed by atoms with Crippen molar-refractivity contribution < 1.29 is 9.53 Å². The van der Waals surface area contributed by atoms with Gasteiger partial charge in [0.05, 0.1) is 13.5 Å². The fourth-order valence-electron chi connectivity index (χ4n) is 1.93. The van der Waals surface area contributed by atoms with E-state index in [0.717, 1.165) is 22.6 Å². The molecule has 0 fully saturated rings. The van der Waals surface area contributed by atoms with Crippen LogP contribution >= 0.6 is 11.6 Å². The summed E-state index contributed by atoms with van der Waals surface area (Å²) in [5.74, 6) is 0.378. The number of hydrogen-bond donors (Lipinski definition) is 2. The van der Waals surface area contributed by atoms with Gasteiger partial charge in [0.25, 0.3) is 0 Å². The van der Waals surface area contributed by atoms with Crippen molar-refractivity contribution in [2.45, 2.75) is 13.0 Å². The van der Waals surface area contributed by atoms with Crippen LogP contribution < -0.4 is 15.8 Å². The van der Waals surface area contributed by atoms with Crippen LogP contribution in [0.4, 0.5) is 5.69 Å². The van der Waals surface area contributed by atoms with E-state index in [1.165, 1.54) is 0 Å². The van der Waals surface area contributed by atoms with E-state index in [2.05, 4.69) is 10.3 Å². The Labute approximate surface area is 128 Å². The summed E-state index contributed by atoms with van der Waals surface area (Å²) in [6.45, 7) is 0.573. The van der Waals surface area contributed by atoms with Gasteiger partial charge >= 0.3 is 0 Å². The summed E-state index contributed by atoms with van der Waals surface area (Å²) in [5.41, 5.74) is 7.75. The van der Waals surface area contributed by atoms with Crippen LogP contribution in [0.5, 0.6) is 5.75 Å². The molecular formula is C15H16ClN3O2. The Balaban J connectivity index is 2.14. The van der Waals surface area contributed by atoms with Crippen molar-refractivity contribution in [1.82, 2.24) is 4.98 Å². The third-order valence-corrected chi connectivity index (χ3v) is 3.14. The van der Waals surface area contributed by atoms with E-state index in [4.69, 9.17) is 22.1 Å². The van der Waals surface area contributed by atoms with Crippen molar-refractivity contribution >= 4 is 23.2 Å². The highest BCUT2D eigenvalue weighted by atomic mass is 35.5. The lowest BCUT2D eigenvalue weighted by Gasteiger charge is -2.12. The molecule has 0 bridgehead atoms. The predicted octanol–water partition coefficient (Wildman–Crippen LogP) is 2.38. The van der Waals surface area contributed by atoms with Gasteiger partial charge in [0.1, 0.15) is 10.9 Å². The van der Waals surface area contributed by atoms with Crippen LogP contribution in [-0.2, 0) is 17.8 Å². The van der Waals surface area contributed by atoms with Gasteiger partial charge in [0.2, 0.25) is 5.91 Å². The van der Waals surface area contributed by atoms with Gasteiger partial charge in [-0.2, -0.15) is 0 Å². The number of rotatable bonds is 6. The second kappa shape index (κ2) is 6.95. The highest BCUT2D eigenvalue weighted by molar-refractivity contribution is 6.29. The molecule has 1 aromatic heterocycles. The first-order valence-corrected chi connectivity index (χ1v) is 6.76. The number of halogens is 1. The predicted molar refractivity (Wildman–Crippen MR) is 82.5 cm³/mol. The summed E-state index contributed by atoms with van der Waals surface area (Å²) < 4.78 is 5.18. The number of anilines is 1. The van der Waals surface area contributed by atoms with E-state index in [1.807, 2.05) is 24.3 Å². The number of carbonyl (C=O) groups excluding carboxylic acids is 1. The molecule has 0 atom stereocenters. The Hall–Kier alpha value is -2.27. The summed E-state index contributed by atoms with van der Waals surface area (Å²) in [6, 6.07) is 9.39. The molecule has 0 saturated carbocycles. The highest BCUT2D eigenvalue weighted by Crippen LogP contribution is 2.21. The minimum absolute atomic E-state index is 0.116. The molecular weight excluding hydrogens is 290 g/mol. The quantitative estimate of drug-likeness (QED) is 0.803. The normalized spacial score (nSPS) is 10.2. The van der Waals surface area contributed by atoms with Crippen molar-refractivity contribution in [1.29, 1.82) is 0 Å². The maximum Gasteiger partial charge on any atom is 0.221 e. The maximum atomic E-state index is 11.1. The molecule has 0 aliphatic heterocycles. The largest absolute Gasteiger partial charge is 0.497 e. The van der Waals surface area contributed by atoms with Crippen LogP contribution in [-0.4, -0.2) is 18.0 Å². The summed E-state index contributed by atoms with van der Waals surface area (Å²) in [6.07, 6.45) is 1.67. The van der Waals surface area contributed by atoms with Crippen molar-refractivity contribution in [3.8, 4) is 5.75 Å². The number of aromatic nitrogens is 1. The molecule has 1 heterocycles. The van der Waals surface area contributed by atoms with Gasteiger partial charge in [-0.25, -0.2) is 4.98 Å². The van der Waals surface area contributed by atoms with Gasteiger partial charge in [-0.1, -0.05) is 23.7 Å². The average Bonchev–Trinajstić information content (AvgIpc) is 2.47. The number of hydrogen-bond acceptors (Lipinski definition) is 4. The third kappa shape index (κ3) is 4.36. The lowest BCUT2D eigenvalue weighted by Crippen LogP contribution is -2.15. The molecule has 2 rings (SSSR count). The van der Waals surface area contributed by atoms with Crippen LogP contribution in [0.1, 0.15) is 11.1 Å². The maximum absolute atomic E-state index is 11.1. The van der Waals surface area contributed by atoms with Crippen molar-refractivity contribution in [2.24, 2.45) is 5.73 Å². The Morgan fingerprint density at radius 2 is 2.24 bits per heavy atom. The van der Waals surface area contributed by atoms with Crippen molar-refractivity contribution in [3.05, 3.63) is 52.8 Å². The Bertz CT molecular complexity index is 647. The van der Waals surface area contributed by atoms with Gasteiger partial charge < -0.3 is 15.8 Å². The van der Waals surface area contributed by atoms with Crippen molar-refractivity contribution in [2.75, 3.05) is 12.4 Å². The van der Waals surface area contributed by atoms with Gasteiger partial charge in [0, 0.05) is 24.0 Å². The van der Waals surface area contributed by atoms with Gasteiger partial charge in [-0.05, 0) is 23.8 Å². The molecule has 0 unspecified atom stereocenters. The number of nitrogens with zero attached hydrogens (tertiary/aromatic N) is 1. The number of methoxy groups -OCH3 is 1. The standard InChI is InChI=1S/C15H16ClN3O2/c1-21-12-4-2-3-10(5-12)8-18-13-7-14(16)19-9-11(13)6-15(17)20/h2-5,7,9H,6,8H2,1H3,(H2,17,20)(H,18,19). The molecule has 1 aromatic carbocycles. The molecule has 0 spiro atoms. The first-order chi connectivity index (χ1) is 10.1. The molecule has 0 aliphatic carbocycles. The highest BCUT2D eigenvalue weighted by Gasteiger charge is 2.07. The summed E-state index contributed by atoms with van der Waals surface area (Å²) in [7, 11) is 1.63. The van der Waals surface area contributed by atoms with E-state index in [0.29, 0.717) is 11.7 Å². The first-order valence-electron chi connectivity index (χ1n) is 6.38. The molecule has 1 amide bonds. The average molecular weight is 306 g/mol. The Morgan fingerprint density at radius 3 is 2.95 bits per heavy atom. The molecule has 0 saturated heterocycles. The second-order valence-electron chi connectivity index (χ2n) is 4.51. The Morgan fingerprint density at radius 1 is 1.43 bits per heavy atom. The number of benzene rings is 1. The number of ether oxygens (including phenoxy) is 1. The fraction of sp³-hybridized carbons (Fsp3) is 0.200. The minimum Gasteiger partial charge on any atom is -0.497 e. The summed E-state index contributed by atoms with van der Waals surface area (Å²) in [5, 5.41) is 3.60. The lowest BCUT2D eigenvalue weighted by molar-refractivity contribution is -0.117. The number of primary amides is 1. The van der Waals surface area contributed by atoms with Crippen LogP contribution in [0.25, 0.3) is 0 Å². The third-order valence-electron chi connectivity index (χ3n) is 2.93. The molecule has 6 heteroatoms. The second-order valence-corrected chi connectivity index (χ2v) is 4.90. The van der Waals surface area contributed by atoms with Crippen molar-refractivity contribution in [3.63, 3.8) is 0 Å². The van der Waals surface area contributed by atoms with E-state index < -0.39 is 5.91 Å². The van der Waals surface area contributed by atoms with Gasteiger partial charge in [-0.3, -0.25) is 4.79 Å². The molecule has 0 aliphatic rings. The van der Waals surface area contributed by atoms with E-state index in [1.54, 1.807) is 19.4 Å². The monoisotopic (exact) mass is 305 g/mol. The number of amides is 1. The zero-order valence-corrected chi connectivity index (χ0v) is 12.4. The van der Waals surface area contributed by atoms with Crippen LogP contribution in [0, 0.1) is 0 Å². The number of pyridine rings is 1. The van der Waals surface area contributed by atoms with Gasteiger partial charge in [-0.15, -0.1) is 0 Å². The molecule has 2 aromatic rings. The smallest absolute Gasteiger partial charge is 0.221 e. The minimum atomic E-state index is -0.413. The van der Waals surface area contributed by atoms with E-state index in [9.17, 15) is 4.79 Å². The van der Waals surface area contributed by atoms with Crippen LogP contribution in [0.2, 0.25) is 5.15 Å². The first kappa shape index (κ1) is 15.1. The lowest BCUT2D eigenvalue weighted by atomic mass is 10.1. The van der Waals surface area contributed by atoms with Crippen LogP contribution in [0.3, 0.4) is 0 Å². The number of carbonyl (C=O) groups is 1. The van der Waals surface area contributed by atoms with Gasteiger partial charge in [0.15, 0.2) is 0 Å². The van der Waals surface area contributed by atoms with Crippen LogP contribution in [0.15, 0.2) is 36.5 Å². The van der Waals surface area contributed by atoms with E-state index >= 15 is 0 Å². The number of nitrogens with one attached hydrogen (secondary N) is 1. The zero-order chi connectivity index (χ0) is 15.2. The van der Waals surface area contributed by atoms with E-state index in [-0.39, 0.29) is 6.42 Å². The zero-order valence-electron chi connectivity index (χ0n) is 11.6. The fourth-order valence-corrected chi connectivity index (χ4v) is 2.09. The SMILES string of the molecule is COc1cccc(CNc2cc(Cl)ncc2CC(N)=O)c1. The topological polar surface area (TPSA) is 77.2 Å². The molecule has 3 N–H and O–H groups in total.